The van der Waals surface area contributed by atoms with Crippen molar-refractivity contribution in [3.63, 3.8) is 0 Å². The van der Waals surface area contributed by atoms with Crippen molar-refractivity contribution in [3.8, 4) is 0 Å². The second kappa shape index (κ2) is 5.49. The summed E-state index contributed by atoms with van der Waals surface area (Å²) in [5, 5.41) is 13.2. The summed E-state index contributed by atoms with van der Waals surface area (Å²) in [7, 11) is -2.53. The molecule has 1 saturated heterocycles. The van der Waals surface area contributed by atoms with E-state index in [9.17, 15) is 22.3 Å². The van der Waals surface area contributed by atoms with E-state index in [0.29, 0.717) is 24.3 Å². The first-order valence-electron chi connectivity index (χ1n) is 8.26. The Labute approximate surface area is 144 Å². The molecular formula is C15H20F2N4O3S. The molecule has 1 aromatic heterocycles. The number of hydrogen-bond acceptors (Lipinski definition) is 5. The maximum absolute atomic E-state index is 13.2. The largest absolute Gasteiger partial charge is 0.391 e. The average molecular weight is 374 g/mol. The van der Waals surface area contributed by atoms with Crippen LogP contribution in [0.2, 0.25) is 0 Å². The number of piperidine rings is 1. The SMILES string of the molecule is CN1c2nc(C3CCNCC3O)ccc2N(CC2CC2(F)F)S1(=O)=O. The lowest BCUT2D eigenvalue weighted by molar-refractivity contribution is 0.101. The van der Waals surface area contributed by atoms with E-state index in [1.54, 1.807) is 12.1 Å². The summed E-state index contributed by atoms with van der Waals surface area (Å²) >= 11 is 0. The van der Waals surface area contributed by atoms with E-state index >= 15 is 0 Å². The van der Waals surface area contributed by atoms with Crippen LogP contribution in [0.1, 0.15) is 24.5 Å². The molecule has 138 valence electrons. The molecular weight excluding hydrogens is 354 g/mol. The molecule has 0 bridgehead atoms. The molecule has 2 fully saturated rings. The highest BCUT2D eigenvalue weighted by Gasteiger charge is 2.59. The first kappa shape index (κ1) is 16.9. The van der Waals surface area contributed by atoms with Gasteiger partial charge in [0.15, 0.2) is 5.82 Å². The van der Waals surface area contributed by atoms with Gasteiger partial charge >= 0.3 is 10.2 Å². The number of aliphatic hydroxyl groups is 1. The van der Waals surface area contributed by atoms with Crippen LogP contribution in [-0.4, -0.2) is 57.2 Å². The number of nitrogens with one attached hydrogen (secondary N) is 1. The lowest BCUT2D eigenvalue weighted by Crippen LogP contribution is -2.39. The molecule has 25 heavy (non-hydrogen) atoms. The second-order valence-corrected chi connectivity index (χ2v) is 8.80. The van der Waals surface area contributed by atoms with Gasteiger partial charge in [-0.1, -0.05) is 0 Å². The molecule has 1 aliphatic carbocycles. The molecule has 0 aromatic carbocycles. The van der Waals surface area contributed by atoms with Crippen molar-refractivity contribution in [1.29, 1.82) is 0 Å². The summed E-state index contributed by atoms with van der Waals surface area (Å²) in [6.07, 6.45) is -0.185. The minimum absolute atomic E-state index is 0.176. The van der Waals surface area contributed by atoms with Crippen LogP contribution >= 0.6 is 0 Å². The maximum atomic E-state index is 13.2. The van der Waals surface area contributed by atoms with Crippen LogP contribution < -0.4 is 13.9 Å². The number of β-amino-alcohol motifs (C(OH)–C–C–N with tert-alkyl or cyclic N) is 1. The van der Waals surface area contributed by atoms with Gasteiger partial charge < -0.3 is 10.4 Å². The Morgan fingerprint density at radius 3 is 2.80 bits per heavy atom. The lowest BCUT2D eigenvalue weighted by atomic mass is 9.91. The van der Waals surface area contributed by atoms with Crippen LogP contribution in [0, 0.1) is 5.92 Å². The topological polar surface area (TPSA) is 85.8 Å². The van der Waals surface area contributed by atoms with Gasteiger partial charge in [-0.3, -0.25) is 0 Å². The van der Waals surface area contributed by atoms with Crippen LogP contribution in [0.4, 0.5) is 20.3 Å². The van der Waals surface area contributed by atoms with Crippen LogP contribution in [0.25, 0.3) is 0 Å². The molecule has 3 unspecified atom stereocenters. The highest BCUT2D eigenvalue weighted by atomic mass is 32.2. The molecule has 1 aromatic rings. The Hall–Kier alpha value is -1.52. The number of aliphatic hydroxyl groups excluding tert-OH is 1. The zero-order valence-corrected chi connectivity index (χ0v) is 14.5. The van der Waals surface area contributed by atoms with E-state index in [0.717, 1.165) is 15.2 Å². The van der Waals surface area contributed by atoms with Crippen LogP contribution in [-0.2, 0) is 10.2 Å². The maximum Gasteiger partial charge on any atom is 0.327 e. The summed E-state index contributed by atoms with van der Waals surface area (Å²) in [5.41, 5.74) is 0.936. The molecule has 0 spiro atoms. The number of pyridine rings is 1. The van der Waals surface area contributed by atoms with E-state index in [4.69, 9.17) is 0 Å². The summed E-state index contributed by atoms with van der Waals surface area (Å²) in [4.78, 5) is 4.45. The molecule has 7 nitrogen and oxygen atoms in total. The fourth-order valence-electron chi connectivity index (χ4n) is 3.52. The lowest BCUT2D eigenvalue weighted by Gasteiger charge is -2.28. The molecule has 3 aliphatic rings. The molecule has 3 heterocycles. The molecule has 1 saturated carbocycles. The summed E-state index contributed by atoms with van der Waals surface area (Å²) < 4.78 is 53.7. The minimum Gasteiger partial charge on any atom is -0.391 e. The first-order chi connectivity index (χ1) is 11.7. The molecule has 0 amide bonds. The monoisotopic (exact) mass is 374 g/mol. The molecule has 0 radical (unpaired) electrons. The highest BCUT2D eigenvalue weighted by molar-refractivity contribution is 7.94. The summed E-state index contributed by atoms with van der Waals surface area (Å²) in [6, 6.07) is 3.29. The third-order valence-electron chi connectivity index (χ3n) is 5.24. The van der Waals surface area contributed by atoms with Crippen molar-refractivity contribution in [1.82, 2.24) is 10.3 Å². The standard InChI is InChI=1S/C15H20F2N4O3S/c1-20-14-12(21(25(20,23)24)8-9-6-15(9,16)17)3-2-11(19-14)10-4-5-18-7-13(10)22/h2-3,9-10,13,18,22H,4-8H2,1H3. The van der Waals surface area contributed by atoms with Crippen molar-refractivity contribution < 1.29 is 22.3 Å². The fraction of sp³-hybridized carbons (Fsp3) is 0.667. The zero-order valence-electron chi connectivity index (χ0n) is 13.7. The Morgan fingerprint density at radius 2 is 2.16 bits per heavy atom. The van der Waals surface area contributed by atoms with Gasteiger partial charge in [-0.2, -0.15) is 8.42 Å². The molecule has 4 rings (SSSR count). The zero-order chi connectivity index (χ0) is 18.0. The number of anilines is 2. The van der Waals surface area contributed by atoms with Gasteiger partial charge in [-0.05, 0) is 25.1 Å². The number of alkyl halides is 2. The van der Waals surface area contributed by atoms with Gasteiger partial charge in [0.05, 0.1) is 11.8 Å². The van der Waals surface area contributed by atoms with Crippen LogP contribution in [0.5, 0.6) is 0 Å². The molecule has 2 aliphatic heterocycles. The van der Waals surface area contributed by atoms with Crippen molar-refractivity contribution in [2.45, 2.75) is 30.8 Å². The number of hydrogen-bond donors (Lipinski definition) is 2. The predicted octanol–water partition coefficient (Wildman–Crippen LogP) is 0.676. The number of nitrogens with zero attached hydrogens (tertiary/aromatic N) is 3. The Bertz CT molecular complexity index is 804. The van der Waals surface area contributed by atoms with Gasteiger partial charge in [0.2, 0.25) is 0 Å². The molecule has 10 heteroatoms. The second-order valence-electron chi connectivity index (χ2n) is 6.91. The van der Waals surface area contributed by atoms with E-state index in [-0.39, 0.29) is 24.7 Å². The summed E-state index contributed by atoms with van der Waals surface area (Å²) in [6.45, 7) is 0.960. The van der Waals surface area contributed by atoms with E-state index in [1.807, 2.05) is 0 Å². The van der Waals surface area contributed by atoms with Crippen LogP contribution in [0.15, 0.2) is 12.1 Å². The molecule has 2 N–H and O–H groups in total. The van der Waals surface area contributed by atoms with E-state index in [1.165, 1.54) is 7.05 Å². The van der Waals surface area contributed by atoms with Crippen molar-refractivity contribution >= 4 is 21.7 Å². The molecule has 3 atom stereocenters. The highest BCUT2D eigenvalue weighted by Crippen LogP contribution is 2.51. The van der Waals surface area contributed by atoms with Crippen LogP contribution in [0.3, 0.4) is 0 Å². The Kier molecular flexibility index (Phi) is 3.71. The Balaban J connectivity index is 1.67. The van der Waals surface area contributed by atoms with Crippen molar-refractivity contribution in [2.75, 3.05) is 35.3 Å². The predicted molar refractivity (Wildman–Crippen MR) is 88.2 cm³/mol. The minimum atomic E-state index is -3.90. The van der Waals surface area contributed by atoms with Gasteiger partial charge in [-0.25, -0.2) is 22.4 Å². The first-order valence-corrected chi connectivity index (χ1v) is 9.65. The normalized spacial score (nSPS) is 32.6. The van der Waals surface area contributed by atoms with Gasteiger partial charge in [0.25, 0.3) is 5.92 Å². The van der Waals surface area contributed by atoms with Crippen molar-refractivity contribution in [2.24, 2.45) is 5.92 Å². The fourth-order valence-corrected chi connectivity index (χ4v) is 4.93. The smallest absolute Gasteiger partial charge is 0.327 e. The summed E-state index contributed by atoms with van der Waals surface area (Å²) in [5.74, 6) is -3.69. The number of aromatic nitrogens is 1. The van der Waals surface area contributed by atoms with Crippen molar-refractivity contribution in [3.05, 3.63) is 17.8 Å². The average Bonchev–Trinajstić information content (AvgIpc) is 3.12. The van der Waals surface area contributed by atoms with Gasteiger partial charge in [0, 0.05) is 44.1 Å². The Morgan fingerprint density at radius 1 is 1.44 bits per heavy atom. The van der Waals surface area contributed by atoms with Gasteiger partial charge in [0.1, 0.15) is 0 Å². The third kappa shape index (κ3) is 2.67. The van der Waals surface area contributed by atoms with Gasteiger partial charge in [-0.15, -0.1) is 0 Å². The van der Waals surface area contributed by atoms with E-state index in [2.05, 4.69) is 10.3 Å². The third-order valence-corrected chi connectivity index (χ3v) is 7.01. The number of fused-ring (bicyclic) bond motifs is 1. The van der Waals surface area contributed by atoms with E-state index < -0.39 is 28.2 Å². The number of halogens is 2. The quantitative estimate of drug-likeness (QED) is 0.813. The number of rotatable bonds is 3.